The molecule has 3 rings (SSSR count). The maximum absolute atomic E-state index is 12.5. The van der Waals surface area contributed by atoms with E-state index in [9.17, 15) is 4.79 Å². The molecule has 0 aliphatic carbocycles. The van der Waals surface area contributed by atoms with Gasteiger partial charge in [0, 0.05) is 6.07 Å². The lowest BCUT2D eigenvalue weighted by atomic mass is 10.1. The Kier molecular flexibility index (Phi) is 3.42. The van der Waals surface area contributed by atoms with Gasteiger partial charge in [0.2, 0.25) is 5.43 Å². The lowest BCUT2D eigenvalue weighted by Gasteiger charge is -2.09. The molecular formula is C18H18O3. The van der Waals surface area contributed by atoms with Crippen LogP contribution in [0.2, 0.25) is 0 Å². The fraction of sp³-hybridized carbons (Fsp3) is 0.278. The zero-order valence-electron chi connectivity index (χ0n) is 12.5. The quantitative estimate of drug-likeness (QED) is 0.673. The molecule has 0 N–H and O–H groups in total. The van der Waals surface area contributed by atoms with Crippen LogP contribution in [-0.2, 0) is 0 Å². The zero-order valence-corrected chi connectivity index (χ0v) is 12.5. The third-order valence-electron chi connectivity index (χ3n) is 3.38. The Hall–Kier alpha value is -2.29. The SMILES string of the molecule is Cc1ccc2oc3cc(OCC(C)C)ccc3c(=O)c2c1. The van der Waals surface area contributed by atoms with Gasteiger partial charge in [-0.2, -0.15) is 0 Å². The van der Waals surface area contributed by atoms with Crippen LogP contribution in [0.1, 0.15) is 19.4 Å². The second kappa shape index (κ2) is 5.24. The van der Waals surface area contributed by atoms with Gasteiger partial charge in [0.05, 0.1) is 17.4 Å². The molecule has 0 radical (unpaired) electrons. The van der Waals surface area contributed by atoms with Crippen LogP contribution in [0, 0.1) is 12.8 Å². The highest BCUT2D eigenvalue weighted by Gasteiger charge is 2.09. The largest absolute Gasteiger partial charge is 0.493 e. The predicted molar refractivity (Wildman–Crippen MR) is 85.1 cm³/mol. The molecule has 1 heterocycles. The van der Waals surface area contributed by atoms with Crippen molar-refractivity contribution in [1.29, 1.82) is 0 Å². The average Bonchev–Trinajstić information content (AvgIpc) is 2.46. The highest BCUT2D eigenvalue weighted by Crippen LogP contribution is 2.23. The molecule has 0 atom stereocenters. The molecule has 0 fully saturated rings. The van der Waals surface area contributed by atoms with E-state index in [1.165, 1.54) is 0 Å². The summed E-state index contributed by atoms with van der Waals surface area (Å²) in [5.41, 5.74) is 2.23. The normalized spacial score (nSPS) is 11.4. The van der Waals surface area contributed by atoms with Crippen molar-refractivity contribution in [3.63, 3.8) is 0 Å². The number of benzene rings is 2. The maximum atomic E-state index is 12.5. The molecule has 0 unspecified atom stereocenters. The first-order valence-corrected chi connectivity index (χ1v) is 7.14. The van der Waals surface area contributed by atoms with Crippen molar-refractivity contribution in [2.75, 3.05) is 6.61 Å². The number of ether oxygens (including phenoxy) is 1. The van der Waals surface area contributed by atoms with Crippen molar-refractivity contribution in [3.8, 4) is 5.75 Å². The smallest absolute Gasteiger partial charge is 0.200 e. The summed E-state index contributed by atoms with van der Waals surface area (Å²) in [6.07, 6.45) is 0. The predicted octanol–water partition coefficient (Wildman–Crippen LogP) is 4.29. The molecule has 0 saturated carbocycles. The minimum atomic E-state index is 0.00496. The van der Waals surface area contributed by atoms with Gasteiger partial charge in [0.15, 0.2) is 0 Å². The molecule has 3 heteroatoms. The minimum absolute atomic E-state index is 0.00496. The van der Waals surface area contributed by atoms with Crippen LogP contribution in [-0.4, -0.2) is 6.61 Å². The van der Waals surface area contributed by atoms with Crippen molar-refractivity contribution < 1.29 is 9.15 Å². The Labute approximate surface area is 123 Å². The topological polar surface area (TPSA) is 39.4 Å². The van der Waals surface area contributed by atoms with Gasteiger partial charge in [-0.05, 0) is 37.1 Å². The van der Waals surface area contributed by atoms with E-state index in [0.29, 0.717) is 34.5 Å². The summed E-state index contributed by atoms with van der Waals surface area (Å²) in [5.74, 6) is 1.18. The highest BCUT2D eigenvalue weighted by atomic mass is 16.5. The standard InChI is InChI=1S/C18H18O3/c1-11(2)10-20-13-5-6-14-17(9-13)21-16-7-4-12(3)8-15(16)18(14)19/h4-9,11H,10H2,1-3H3. The van der Waals surface area contributed by atoms with Crippen molar-refractivity contribution in [2.45, 2.75) is 20.8 Å². The Morgan fingerprint density at radius 1 is 1.05 bits per heavy atom. The van der Waals surface area contributed by atoms with Crippen LogP contribution in [0.3, 0.4) is 0 Å². The summed E-state index contributed by atoms with van der Waals surface area (Å²) >= 11 is 0. The molecule has 0 aliphatic rings. The molecule has 0 spiro atoms. The number of hydrogen-bond donors (Lipinski definition) is 0. The zero-order chi connectivity index (χ0) is 15.0. The van der Waals surface area contributed by atoms with Crippen LogP contribution in [0.5, 0.6) is 5.75 Å². The Morgan fingerprint density at radius 3 is 2.62 bits per heavy atom. The van der Waals surface area contributed by atoms with Crippen LogP contribution in [0.25, 0.3) is 21.9 Å². The van der Waals surface area contributed by atoms with E-state index < -0.39 is 0 Å². The van der Waals surface area contributed by atoms with E-state index in [2.05, 4.69) is 13.8 Å². The van der Waals surface area contributed by atoms with Gasteiger partial charge in [0.1, 0.15) is 16.9 Å². The van der Waals surface area contributed by atoms with Gasteiger partial charge < -0.3 is 9.15 Å². The molecule has 0 amide bonds. The number of aryl methyl sites for hydroxylation is 1. The Balaban J connectivity index is 2.16. The number of fused-ring (bicyclic) bond motifs is 2. The maximum Gasteiger partial charge on any atom is 0.200 e. The first-order valence-electron chi connectivity index (χ1n) is 7.14. The monoisotopic (exact) mass is 282 g/mol. The third-order valence-corrected chi connectivity index (χ3v) is 3.38. The molecule has 3 nitrogen and oxygen atoms in total. The van der Waals surface area contributed by atoms with Gasteiger partial charge in [0.25, 0.3) is 0 Å². The number of rotatable bonds is 3. The van der Waals surface area contributed by atoms with E-state index >= 15 is 0 Å². The van der Waals surface area contributed by atoms with Gasteiger partial charge in [-0.3, -0.25) is 4.79 Å². The van der Waals surface area contributed by atoms with Crippen molar-refractivity contribution in [3.05, 3.63) is 52.2 Å². The molecule has 0 saturated heterocycles. The van der Waals surface area contributed by atoms with E-state index in [4.69, 9.17) is 9.15 Å². The van der Waals surface area contributed by atoms with Crippen LogP contribution >= 0.6 is 0 Å². The molecule has 2 aromatic carbocycles. The molecule has 21 heavy (non-hydrogen) atoms. The lowest BCUT2D eigenvalue weighted by Crippen LogP contribution is -2.05. The van der Waals surface area contributed by atoms with Crippen molar-refractivity contribution >= 4 is 21.9 Å². The minimum Gasteiger partial charge on any atom is -0.493 e. The first kappa shape index (κ1) is 13.7. The van der Waals surface area contributed by atoms with E-state index in [1.54, 1.807) is 12.1 Å². The molecule has 0 bridgehead atoms. The van der Waals surface area contributed by atoms with E-state index in [1.807, 2.05) is 31.2 Å². The molecule has 0 aliphatic heterocycles. The summed E-state index contributed by atoms with van der Waals surface area (Å²) in [7, 11) is 0. The second-order valence-corrected chi connectivity index (χ2v) is 5.79. The summed E-state index contributed by atoms with van der Waals surface area (Å²) < 4.78 is 11.5. The van der Waals surface area contributed by atoms with Crippen LogP contribution in [0.4, 0.5) is 0 Å². The van der Waals surface area contributed by atoms with Gasteiger partial charge in [-0.15, -0.1) is 0 Å². The van der Waals surface area contributed by atoms with Gasteiger partial charge in [-0.1, -0.05) is 25.5 Å². The first-order chi connectivity index (χ1) is 10.0. The van der Waals surface area contributed by atoms with Crippen LogP contribution < -0.4 is 10.2 Å². The summed E-state index contributed by atoms with van der Waals surface area (Å²) in [4.78, 5) is 12.5. The highest BCUT2D eigenvalue weighted by molar-refractivity contribution is 5.90. The molecular weight excluding hydrogens is 264 g/mol. The Bertz CT molecular complexity index is 859. The van der Waals surface area contributed by atoms with Gasteiger partial charge >= 0.3 is 0 Å². The lowest BCUT2D eigenvalue weighted by molar-refractivity contribution is 0.271. The average molecular weight is 282 g/mol. The second-order valence-electron chi connectivity index (χ2n) is 5.79. The van der Waals surface area contributed by atoms with Crippen molar-refractivity contribution in [1.82, 2.24) is 0 Å². The summed E-state index contributed by atoms with van der Waals surface area (Å²) in [6.45, 7) is 6.79. The summed E-state index contributed by atoms with van der Waals surface area (Å²) in [6, 6.07) is 11.0. The Morgan fingerprint density at radius 2 is 1.86 bits per heavy atom. The summed E-state index contributed by atoms with van der Waals surface area (Å²) in [5, 5.41) is 1.21. The number of hydrogen-bond acceptors (Lipinski definition) is 3. The van der Waals surface area contributed by atoms with Crippen LogP contribution in [0.15, 0.2) is 45.6 Å². The molecule has 108 valence electrons. The van der Waals surface area contributed by atoms with Crippen molar-refractivity contribution in [2.24, 2.45) is 5.92 Å². The van der Waals surface area contributed by atoms with E-state index in [-0.39, 0.29) is 5.43 Å². The van der Waals surface area contributed by atoms with E-state index in [0.717, 1.165) is 11.3 Å². The van der Waals surface area contributed by atoms with Gasteiger partial charge in [-0.25, -0.2) is 0 Å². The third kappa shape index (κ3) is 2.64. The fourth-order valence-electron chi connectivity index (χ4n) is 2.30. The fourth-order valence-corrected chi connectivity index (χ4v) is 2.30. The molecule has 1 aromatic heterocycles. The molecule has 3 aromatic rings.